The molecule has 2 aromatic heterocycles. The van der Waals surface area contributed by atoms with Crippen LogP contribution in [0.3, 0.4) is 0 Å². The summed E-state index contributed by atoms with van der Waals surface area (Å²) in [4.78, 5) is 9.89. The van der Waals surface area contributed by atoms with Crippen LogP contribution in [0.4, 0.5) is 0 Å². The second-order valence-electron chi connectivity index (χ2n) is 6.38. The van der Waals surface area contributed by atoms with Crippen molar-refractivity contribution in [1.82, 2.24) is 9.97 Å². The van der Waals surface area contributed by atoms with Gasteiger partial charge >= 0.3 is 40.8 Å². The summed E-state index contributed by atoms with van der Waals surface area (Å²) in [6.07, 6.45) is 0. The van der Waals surface area contributed by atoms with Gasteiger partial charge in [-0.25, -0.2) is 9.97 Å². The molecule has 0 saturated heterocycles. The third-order valence-electron chi connectivity index (χ3n) is 4.66. The van der Waals surface area contributed by atoms with Crippen molar-refractivity contribution in [1.29, 1.82) is 0 Å². The fourth-order valence-electron chi connectivity index (χ4n) is 3.31. The molecule has 0 fully saturated rings. The zero-order chi connectivity index (χ0) is 20.1. The van der Waals surface area contributed by atoms with Crippen molar-refractivity contribution in [2.24, 2.45) is 0 Å². The molecule has 0 N–H and O–H groups in total. The van der Waals surface area contributed by atoms with E-state index in [1.807, 2.05) is 36.4 Å². The van der Waals surface area contributed by atoms with E-state index < -0.39 is 0 Å². The van der Waals surface area contributed by atoms with Crippen molar-refractivity contribution in [3.8, 4) is 22.5 Å². The monoisotopic (exact) mass is 596 g/mol. The number of nitrogens with zero attached hydrogens (tertiary/aromatic N) is 2. The molecule has 5 heteroatoms. The van der Waals surface area contributed by atoms with Crippen LogP contribution in [0.1, 0.15) is 0 Å². The molecule has 0 atom stereocenters. The molecule has 0 spiro atoms. The maximum absolute atomic E-state index is 4.95. The predicted octanol–water partition coefficient (Wildman–Crippen LogP) is 7.81. The molecule has 0 aliphatic carbocycles. The molecule has 2 heterocycles. The molecular weight excluding hydrogens is 583 g/mol. The Kier molecular flexibility index (Phi) is 6.84. The average molecular weight is 599 g/mol. The summed E-state index contributed by atoms with van der Waals surface area (Å²) in [5, 5.41) is 2.21. The third kappa shape index (κ3) is 4.65. The summed E-state index contributed by atoms with van der Waals surface area (Å²) in [6, 6.07) is 33.2. The molecule has 0 bridgehead atoms. The zero-order valence-electron chi connectivity index (χ0n) is 15.2. The molecule has 29 heavy (non-hydrogen) atoms. The van der Waals surface area contributed by atoms with Gasteiger partial charge in [-0.15, -0.1) is 0 Å². The molecule has 0 saturated carbocycles. The number of halogens is 2. The van der Waals surface area contributed by atoms with Gasteiger partial charge in [0.2, 0.25) is 0 Å². The maximum Gasteiger partial charge on any atom is 0.0972 e. The van der Waals surface area contributed by atoms with Crippen molar-refractivity contribution in [3.05, 3.63) is 97.1 Å². The largest absolute Gasteiger partial charge is 0.245 e. The van der Waals surface area contributed by atoms with Crippen LogP contribution >= 0.6 is 26.9 Å². The van der Waals surface area contributed by atoms with E-state index in [1.54, 1.807) is 0 Å². The molecule has 0 aliphatic rings. The summed E-state index contributed by atoms with van der Waals surface area (Å²) < 4.78 is 0. The van der Waals surface area contributed by atoms with Gasteiger partial charge in [-0.05, 0) is 12.1 Å². The standard InChI is InChI=1S/C24H16N2.2BrH.Pd/c1-3-7-17(8-4-1)21-15-13-19-11-12-20-14-16-22(18-9-5-2-6-10-18)26-24(20)23(19)25-21;;;/h1-16H;2*1H;/q;;;+2/p-2. The Balaban J connectivity index is 0.000000645. The number of rotatable bonds is 2. The fraction of sp³-hybridized carbons (Fsp3) is 0. The topological polar surface area (TPSA) is 25.8 Å². The first-order valence-electron chi connectivity index (χ1n) is 8.94. The van der Waals surface area contributed by atoms with E-state index >= 15 is 0 Å². The van der Waals surface area contributed by atoms with E-state index in [-0.39, 0.29) is 0 Å². The molecule has 0 amide bonds. The smallest absolute Gasteiger partial charge is 0.0972 e. The van der Waals surface area contributed by atoms with Crippen LogP contribution in [0.15, 0.2) is 97.1 Å². The van der Waals surface area contributed by atoms with Gasteiger partial charge in [0.15, 0.2) is 0 Å². The maximum atomic E-state index is 4.95. The van der Waals surface area contributed by atoms with Crippen molar-refractivity contribution in [2.45, 2.75) is 0 Å². The van der Waals surface area contributed by atoms with Crippen LogP contribution in [0.2, 0.25) is 0 Å². The van der Waals surface area contributed by atoms with Crippen LogP contribution in [0.5, 0.6) is 0 Å². The zero-order valence-corrected chi connectivity index (χ0v) is 19.9. The van der Waals surface area contributed by atoms with E-state index in [4.69, 9.17) is 9.97 Å². The van der Waals surface area contributed by atoms with Gasteiger partial charge < -0.3 is 0 Å². The Morgan fingerprint density at radius 3 is 1.21 bits per heavy atom. The van der Waals surface area contributed by atoms with Crippen molar-refractivity contribution >= 4 is 48.7 Å². The van der Waals surface area contributed by atoms with Gasteiger partial charge in [-0.3, -0.25) is 0 Å². The number of pyridine rings is 2. The van der Waals surface area contributed by atoms with Crippen molar-refractivity contribution in [2.75, 3.05) is 0 Å². The molecule has 0 unspecified atom stereocenters. The molecule has 5 aromatic rings. The molecular formula is C24H16Br2N2Pd. The Morgan fingerprint density at radius 1 is 0.483 bits per heavy atom. The van der Waals surface area contributed by atoms with Crippen LogP contribution < -0.4 is 0 Å². The fourth-order valence-corrected chi connectivity index (χ4v) is 3.31. The number of hydrogen-bond acceptors (Lipinski definition) is 2. The Bertz CT molecular complexity index is 1150. The quantitative estimate of drug-likeness (QED) is 0.153. The summed E-state index contributed by atoms with van der Waals surface area (Å²) in [5.41, 5.74) is 6.06. The van der Waals surface area contributed by atoms with Gasteiger partial charge in [-0.2, -0.15) is 0 Å². The second kappa shape index (κ2) is 9.74. The van der Waals surface area contributed by atoms with Crippen molar-refractivity contribution in [3.63, 3.8) is 0 Å². The molecule has 146 valence electrons. The van der Waals surface area contributed by atoms with E-state index in [2.05, 4.69) is 87.5 Å². The predicted molar refractivity (Wildman–Crippen MR) is 126 cm³/mol. The molecule has 3 aromatic carbocycles. The molecule has 0 radical (unpaired) electrons. The normalized spacial score (nSPS) is 10.7. The van der Waals surface area contributed by atoms with E-state index in [0.717, 1.165) is 44.3 Å². The molecule has 0 aliphatic heterocycles. The van der Waals surface area contributed by atoms with Crippen LogP contribution in [-0.2, 0) is 13.9 Å². The Hall–Kier alpha value is -1.90. The van der Waals surface area contributed by atoms with Crippen molar-refractivity contribution < 1.29 is 13.9 Å². The summed E-state index contributed by atoms with van der Waals surface area (Å²) in [7, 11) is 0. The number of fused-ring (bicyclic) bond motifs is 3. The molecule has 2 nitrogen and oxygen atoms in total. The van der Waals surface area contributed by atoms with Crippen LogP contribution in [-0.4, -0.2) is 9.97 Å². The Morgan fingerprint density at radius 2 is 0.828 bits per heavy atom. The first-order valence-corrected chi connectivity index (χ1v) is 16.0. The van der Waals surface area contributed by atoms with E-state index in [9.17, 15) is 0 Å². The van der Waals surface area contributed by atoms with E-state index in [0.29, 0.717) is 13.9 Å². The summed E-state index contributed by atoms with van der Waals surface area (Å²) in [6.45, 7) is 0. The van der Waals surface area contributed by atoms with Gasteiger partial charge in [0.25, 0.3) is 0 Å². The SMILES string of the molecule is [Br][Pd][Br].c1ccc(-c2ccc3ccc4ccc(-c5ccccc5)nc4c3n2)cc1. The third-order valence-corrected chi connectivity index (χ3v) is 4.66. The van der Waals surface area contributed by atoms with Crippen LogP contribution in [0.25, 0.3) is 44.3 Å². The van der Waals surface area contributed by atoms with Crippen LogP contribution in [0, 0.1) is 0 Å². The number of benzene rings is 3. The molecule has 5 rings (SSSR count). The average Bonchev–Trinajstić information content (AvgIpc) is 2.80. The van der Waals surface area contributed by atoms with Gasteiger partial charge in [0.1, 0.15) is 0 Å². The first kappa shape index (κ1) is 20.4. The van der Waals surface area contributed by atoms with Gasteiger partial charge in [0, 0.05) is 21.9 Å². The minimum atomic E-state index is 0.575. The minimum Gasteiger partial charge on any atom is -0.245 e. The van der Waals surface area contributed by atoms with Gasteiger partial charge in [0.05, 0.1) is 22.4 Å². The van der Waals surface area contributed by atoms with E-state index in [1.165, 1.54) is 0 Å². The Labute approximate surface area is 191 Å². The summed E-state index contributed by atoms with van der Waals surface area (Å²) in [5.74, 6) is 0. The second-order valence-corrected chi connectivity index (χ2v) is 13.6. The minimum absolute atomic E-state index is 0.575. The number of aromatic nitrogens is 2. The summed E-state index contributed by atoms with van der Waals surface area (Å²) >= 11 is 6.80. The first-order chi connectivity index (χ1) is 14.3. The number of hydrogen-bond donors (Lipinski definition) is 0. The van der Waals surface area contributed by atoms with Gasteiger partial charge in [-0.1, -0.05) is 84.9 Å².